The topological polar surface area (TPSA) is 136 Å². The first kappa shape index (κ1) is 47.5. The third kappa shape index (κ3) is 20.7. The number of aliphatic hydroxyl groups is 3. The van der Waals surface area contributed by atoms with E-state index in [4.69, 9.17) is 4.74 Å². The van der Waals surface area contributed by atoms with Crippen LogP contribution >= 0.6 is 11.8 Å². The van der Waals surface area contributed by atoms with Gasteiger partial charge < -0.3 is 30.5 Å². The van der Waals surface area contributed by atoms with E-state index in [9.17, 15) is 30.0 Å². The minimum absolute atomic E-state index is 0.0383. The summed E-state index contributed by atoms with van der Waals surface area (Å²) in [6.45, 7) is 6.69. The summed E-state index contributed by atoms with van der Waals surface area (Å²) in [5.41, 5.74) is -0.733. The Morgan fingerprint density at radius 1 is 0.623 bits per heavy atom. The van der Waals surface area contributed by atoms with Crippen LogP contribution in [0.1, 0.15) is 208 Å². The molecule has 0 bridgehead atoms. The molecule has 1 aliphatic rings. The Morgan fingerprint density at radius 2 is 1.04 bits per heavy atom. The fourth-order valence-corrected chi connectivity index (χ4v) is 8.59. The summed E-state index contributed by atoms with van der Waals surface area (Å²) in [5, 5.41) is 43.7. The van der Waals surface area contributed by atoms with Gasteiger partial charge in [-0.2, -0.15) is 0 Å². The number of carboxylic acid groups (broad SMARTS) is 1. The first-order valence-corrected chi connectivity index (χ1v) is 22.6. The van der Waals surface area contributed by atoms with Gasteiger partial charge in [-0.3, -0.25) is 4.79 Å². The van der Waals surface area contributed by atoms with Crippen molar-refractivity contribution in [2.24, 2.45) is 5.92 Å². The van der Waals surface area contributed by atoms with Gasteiger partial charge in [0, 0.05) is 17.0 Å². The summed E-state index contributed by atoms with van der Waals surface area (Å²) < 4.78 is 5.71. The van der Waals surface area contributed by atoms with Crippen molar-refractivity contribution in [1.29, 1.82) is 0 Å². The van der Waals surface area contributed by atoms with E-state index in [2.05, 4.69) is 19.2 Å². The van der Waals surface area contributed by atoms with Gasteiger partial charge in [-0.05, 0) is 43.9 Å². The van der Waals surface area contributed by atoms with E-state index in [1.54, 1.807) is 13.0 Å². The lowest BCUT2D eigenvalue weighted by molar-refractivity contribution is -0.192. The number of hydrogen-bond acceptors (Lipinski definition) is 7. The van der Waals surface area contributed by atoms with Crippen LogP contribution in [0.25, 0.3) is 0 Å². The highest BCUT2D eigenvalue weighted by Gasteiger charge is 2.42. The number of rotatable bonds is 32. The van der Waals surface area contributed by atoms with Gasteiger partial charge in [0.05, 0.1) is 11.7 Å². The lowest BCUT2D eigenvalue weighted by Gasteiger charge is -2.39. The SMILES string of the molecule is CCCCCCCCCCCCCCC(CCCCCCCCCCCCCC)CNC(=O)c1cc(S[C@@H]2O[C@@H](C)[C@@H](O)[C@@H](O)[C@@H]2O)cc(C(=O)O)c1. The maximum atomic E-state index is 13.5. The van der Waals surface area contributed by atoms with Crippen molar-refractivity contribution < 1.29 is 34.8 Å². The maximum absolute atomic E-state index is 13.5. The molecule has 8 nitrogen and oxygen atoms in total. The molecule has 1 heterocycles. The average molecular weight is 764 g/mol. The molecule has 1 fully saturated rings. The second-order valence-electron chi connectivity index (χ2n) is 15.8. The lowest BCUT2D eigenvalue weighted by Crippen LogP contribution is -2.55. The maximum Gasteiger partial charge on any atom is 0.335 e. The average Bonchev–Trinajstić information content (AvgIpc) is 3.15. The van der Waals surface area contributed by atoms with E-state index < -0.39 is 35.8 Å². The summed E-state index contributed by atoms with van der Waals surface area (Å²) in [6.07, 6.45) is 29.0. The van der Waals surface area contributed by atoms with Crippen molar-refractivity contribution in [3.8, 4) is 0 Å². The first-order chi connectivity index (χ1) is 25.7. The van der Waals surface area contributed by atoms with Gasteiger partial charge in [0.25, 0.3) is 5.91 Å². The number of amides is 1. The Kier molecular flexibility index (Phi) is 26.5. The zero-order valence-corrected chi connectivity index (χ0v) is 34.5. The van der Waals surface area contributed by atoms with Crippen LogP contribution in [0.3, 0.4) is 0 Å². The van der Waals surface area contributed by atoms with E-state index in [0.29, 0.717) is 17.4 Å². The zero-order chi connectivity index (χ0) is 38.7. The normalized spacial score (nSPS) is 20.2. The predicted octanol–water partition coefficient (Wildman–Crippen LogP) is 10.8. The van der Waals surface area contributed by atoms with Gasteiger partial charge in [-0.25, -0.2) is 4.79 Å². The smallest absolute Gasteiger partial charge is 0.335 e. The van der Waals surface area contributed by atoms with Gasteiger partial charge >= 0.3 is 5.97 Å². The molecule has 2 rings (SSSR count). The molecule has 1 aromatic carbocycles. The molecule has 0 radical (unpaired) electrons. The van der Waals surface area contributed by atoms with Crippen LogP contribution < -0.4 is 5.32 Å². The van der Waals surface area contributed by atoms with Crippen LogP contribution in [0, 0.1) is 5.92 Å². The minimum Gasteiger partial charge on any atom is -0.478 e. The summed E-state index contributed by atoms with van der Waals surface area (Å²) >= 11 is 1.03. The quantitative estimate of drug-likeness (QED) is 0.0458. The molecule has 1 saturated heterocycles. The van der Waals surface area contributed by atoms with Crippen LogP contribution in [0.15, 0.2) is 23.1 Å². The summed E-state index contributed by atoms with van der Waals surface area (Å²) in [6, 6.07) is 4.43. The molecule has 53 heavy (non-hydrogen) atoms. The number of thioether (sulfide) groups is 1. The van der Waals surface area contributed by atoms with Crippen LogP contribution in [0.4, 0.5) is 0 Å². The molecular weight excluding hydrogens is 687 g/mol. The van der Waals surface area contributed by atoms with Gasteiger partial charge in [0.15, 0.2) is 0 Å². The highest BCUT2D eigenvalue weighted by atomic mass is 32.2. The largest absolute Gasteiger partial charge is 0.478 e. The summed E-state index contributed by atoms with van der Waals surface area (Å²) in [7, 11) is 0. The van der Waals surface area contributed by atoms with Crippen LogP contribution in [-0.4, -0.2) is 68.7 Å². The summed E-state index contributed by atoms with van der Waals surface area (Å²) in [5.74, 6) is -1.10. The van der Waals surface area contributed by atoms with Gasteiger partial charge in [0.2, 0.25) is 0 Å². The van der Waals surface area contributed by atoms with E-state index in [1.807, 2.05) is 0 Å². The lowest BCUT2D eigenvalue weighted by atomic mass is 9.93. The monoisotopic (exact) mass is 764 g/mol. The van der Waals surface area contributed by atoms with Crippen LogP contribution in [-0.2, 0) is 4.74 Å². The second kappa shape index (κ2) is 29.6. The van der Waals surface area contributed by atoms with Crippen LogP contribution in [0.2, 0.25) is 0 Å². The number of aromatic carboxylic acids is 1. The van der Waals surface area contributed by atoms with E-state index in [-0.39, 0.29) is 17.0 Å². The first-order valence-electron chi connectivity index (χ1n) is 21.7. The molecule has 5 N–H and O–H groups in total. The van der Waals surface area contributed by atoms with Gasteiger partial charge in [-0.15, -0.1) is 0 Å². The van der Waals surface area contributed by atoms with E-state index >= 15 is 0 Å². The number of carboxylic acids is 1. The molecule has 1 amide bonds. The molecule has 5 atom stereocenters. The number of carbonyl (C=O) groups is 2. The van der Waals surface area contributed by atoms with Crippen LogP contribution in [0.5, 0.6) is 0 Å². The Morgan fingerprint density at radius 3 is 1.47 bits per heavy atom. The molecule has 0 spiro atoms. The van der Waals surface area contributed by atoms with Crippen molar-refractivity contribution in [1.82, 2.24) is 5.32 Å². The third-order valence-corrected chi connectivity index (χ3v) is 12.1. The molecule has 1 aromatic rings. The van der Waals surface area contributed by atoms with Crippen molar-refractivity contribution >= 4 is 23.6 Å². The molecular formula is C44H77NO7S. The number of nitrogens with one attached hydrogen (secondary N) is 1. The number of benzene rings is 1. The second-order valence-corrected chi connectivity index (χ2v) is 17.0. The van der Waals surface area contributed by atoms with Gasteiger partial charge in [-0.1, -0.05) is 180 Å². The highest BCUT2D eigenvalue weighted by Crippen LogP contribution is 2.34. The van der Waals surface area contributed by atoms with E-state index in [1.165, 1.54) is 153 Å². The molecule has 0 unspecified atom stereocenters. The number of hydrogen-bond donors (Lipinski definition) is 5. The number of aliphatic hydroxyl groups excluding tert-OH is 3. The van der Waals surface area contributed by atoms with Crippen molar-refractivity contribution in [3.63, 3.8) is 0 Å². The fourth-order valence-electron chi connectivity index (χ4n) is 7.40. The number of unbranched alkanes of at least 4 members (excludes halogenated alkanes) is 22. The van der Waals surface area contributed by atoms with Crippen molar-refractivity contribution in [3.05, 3.63) is 29.3 Å². The predicted molar refractivity (Wildman–Crippen MR) is 219 cm³/mol. The molecule has 1 aliphatic heterocycles. The Balaban J connectivity index is 1.87. The number of ether oxygens (including phenoxy) is 1. The molecule has 9 heteroatoms. The molecule has 0 aliphatic carbocycles. The van der Waals surface area contributed by atoms with Crippen molar-refractivity contribution in [2.75, 3.05) is 6.54 Å². The Labute approximate surface area is 327 Å². The standard InChI is InChI=1S/C44H77NO7S/c1-4-6-8-10-12-14-16-18-20-22-24-26-28-35(29-27-25-23-21-19-17-15-13-11-9-7-5-2)33-45-42(49)36-30-37(43(50)51)32-38(31-36)53-44-41(48)40(47)39(46)34(3)52-44/h30-32,34-35,39-41,44,46-48H,4-29,33H2,1-3H3,(H,45,49)(H,50,51)/t34-,39+,40+,41-,44-/m0/s1. The number of carbonyl (C=O) groups excluding carboxylic acids is 1. The Hall–Kier alpha value is -1.65. The fraction of sp³-hybridized carbons (Fsp3) is 0.818. The van der Waals surface area contributed by atoms with E-state index in [0.717, 1.165) is 37.4 Å². The third-order valence-electron chi connectivity index (χ3n) is 11.0. The molecule has 306 valence electrons. The highest BCUT2D eigenvalue weighted by molar-refractivity contribution is 7.99. The molecule has 0 aromatic heterocycles. The zero-order valence-electron chi connectivity index (χ0n) is 33.7. The van der Waals surface area contributed by atoms with Crippen molar-refractivity contribution in [2.45, 2.75) is 222 Å². The van der Waals surface area contributed by atoms with Gasteiger partial charge in [0.1, 0.15) is 23.7 Å². The Bertz CT molecular complexity index is 1080. The minimum atomic E-state index is -1.39. The summed E-state index contributed by atoms with van der Waals surface area (Å²) in [4.78, 5) is 25.9. The molecule has 0 saturated carbocycles.